The molecule has 2 aromatic heterocycles. The van der Waals surface area contributed by atoms with Crippen LogP contribution in [0.4, 0.5) is 0 Å². The highest BCUT2D eigenvalue weighted by Gasteiger charge is 2.11. The predicted molar refractivity (Wildman–Crippen MR) is 113 cm³/mol. The second-order valence-corrected chi connectivity index (χ2v) is 8.10. The lowest BCUT2D eigenvalue weighted by molar-refractivity contribution is 0.410. The van der Waals surface area contributed by atoms with Crippen molar-refractivity contribution in [3.05, 3.63) is 76.2 Å². The van der Waals surface area contributed by atoms with Gasteiger partial charge in [0.15, 0.2) is 11.8 Å². The van der Waals surface area contributed by atoms with Crippen LogP contribution in [-0.2, 0) is 12.8 Å². The molecule has 2 heterocycles. The molecule has 8 heteroatoms. The first kappa shape index (κ1) is 17.6. The highest BCUT2D eigenvalue weighted by atomic mass is 127. The summed E-state index contributed by atoms with van der Waals surface area (Å²) < 4.78 is 12.4. The van der Waals surface area contributed by atoms with E-state index in [1.54, 1.807) is 24.3 Å². The van der Waals surface area contributed by atoms with E-state index in [9.17, 15) is 9.59 Å². The summed E-state index contributed by atoms with van der Waals surface area (Å²) in [5, 5.41) is 0.899. The highest BCUT2D eigenvalue weighted by Crippen LogP contribution is 2.15. The number of aromatic nitrogens is 2. The number of hydrogen-bond donors (Lipinski definition) is 0. The van der Waals surface area contributed by atoms with Crippen LogP contribution >= 0.6 is 45.2 Å². The molecule has 4 aromatic rings. The van der Waals surface area contributed by atoms with Crippen molar-refractivity contribution in [3.8, 4) is 0 Å². The Labute approximate surface area is 173 Å². The Morgan fingerprint density at radius 1 is 0.731 bits per heavy atom. The lowest BCUT2D eigenvalue weighted by Crippen LogP contribution is -2.09. The Balaban J connectivity index is 1.65. The molecule has 2 aromatic carbocycles. The maximum Gasteiger partial charge on any atom is 0.346 e. The van der Waals surface area contributed by atoms with Crippen LogP contribution in [0.2, 0.25) is 0 Å². The van der Waals surface area contributed by atoms with Crippen LogP contribution in [0.25, 0.3) is 21.8 Å². The molecule has 0 saturated carbocycles. The van der Waals surface area contributed by atoms with Crippen LogP contribution in [0, 0.1) is 7.14 Å². The molecule has 0 aliphatic carbocycles. The van der Waals surface area contributed by atoms with E-state index in [1.165, 1.54) is 0 Å². The lowest BCUT2D eigenvalue weighted by atomic mass is 10.2. The van der Waals surface area contributed by atoms with E-state index in [4.69, 9.17) is 8.83 Å². The van der Waals surface area contributed by atoms with Gasteiger partial charge in [0.25, 0.3) is 0 Å². The highest BCUT2D eigenvalue weighted by molar-refractivity contribution is 14.1. The van der Waals surface area contributed by atoms with Crippen LogP contribution in [0.15, 0.2) is 54.8 Å². The van der Waals surface area contributed by atoms with Gasteiger partial charge in [0.05, 0.1) is 21.8 Å². The molecule has 0 amide bonds. The minimum absolute atomic E-state index is 0.288. The fourth-order valence-electron chi connectivity index (χ4n) is 2.60. The van der Waals surface area contributed by atoms with Gasteiger partial charge in [0, 0.05) is 20.0 Å². The lowest BCUT2D eigenvalue weighted by Gasteiger charge is -2.03. The molecule has 0 saturated heterocycles. The SMILES string of the molecule is O=c1oc(CCc2nc3ccc(I)cc3c(=O)o2)nc2ccc(I)cc12. The minimum atomic E-state index is -0.425. The predicted octanol–water partition coefficient (Wildman–Crippen LogP) is 3.68. The van der Waals surface area contributed by atoms with Crippen LogP contribution in [0.5, 0.6) is 0 Å². The van der Waals surface area contributed by atoms with Gasteiger partial charge < -0.3 is 8.83 Å². The monoisotopic (exact) mass is 572 g/mol. The van der Waals surface area contributed by atoms with E-state index in [0.717, 1.165) is 7.14 Å². The topological polar surface area (TPSA) is 86.2 Å². The van der Waals surface area contributed by atoms with Crippen LogP contribution < -0.4 is 11.3 Å². The molecule has 0 spiro atoms. The number of hydrogen-bond acceptors (Lipinski definition) is 6. The first-order valence-electron chi connectivity index (χ1n) is 7.68. The van der Waals surface area contributed by atoms with Gasteiger partial charge in [-0.05, 0) is 81.6 Å². The molecule has 26 heavy (non-hydrogen) atoms. The zero-order chi connectivity index (χ0) is 18.3. The molecule has 0 aliphatic heterocycles. The molecule has 0 aliphatic rings. The molecule has 0 atom stereocenters. The fraction of sp³-hybridized carbons (Fsp3) is 0.111. The van der Waals surface area contributed by atoms with Crippen LogP contribution in [-0.4, -0.2) is 9.97 Å². The van der Waals surface area contributed by atoms with Crippen molar-refractivity contribution in [1.29, 1.82) is 0 Å². The van der Waals surface area contributed by atoms with Gasteiger partial charge in [0.2, 0.25) is 0 Å². The maximum absolute atomic E-state index is 12.1. The zero-order valence-corrected chi connectivity index (χ0v) is 17.5. The zero-order valence-electron chi connectivity index (χ0n) is 13.2. The Morgan fingerprint density at radius 2 is 1.15 bits per heavy atom. The van der Waals surface area contributed by atoms with Gasteiger partial charge in [-0.25, -0.2) is 19.6 Å². The molecule has 0 bridgehead atoms. The van der Waals surface area contributed by atoms with E-state index in [0.29, 0.717) is 34.6 Å². The number of nitrogens with zero attached hydrogens (tertiary/aromatic N) is 2. The molecular formula is C18H10I2N2O4. The number of halogens is 2. The summed E-state index contributed by atoms with van der Waals surface area (Å²) >= 11 is 4.26. The first-order chi connectivity index (χ1) is 12.5. The van der Waals surface area contributed by atoms with Gasteiger partial charge in [-0.1, -0.05) is 0 Å². The van der Waals surface area contributed by atoms with E-state index in [1.807, 2.05) is 12.1 Å². The van der Waals surface area contributed by atoms with E-state index in [2.05, 4.69) is 55.1 Å². The fourth-order valence-corrected chi connectivity index (χ4v) is 3.59. The summed E-state index contributed by atoms with van der Waals surface area (Å²) in [7, 11) is 0. The Morgan fingerprint density at radius 3 is 1.58 bits per heavy atom. The van der Waals surface area contributed by atoms with Crippen molar-refractivity contribution < 1.29 is 8.83 Å². The smallest absolute Gasteiger partial charge is 0.346 e. The van der Waals surface area contributed by atoms with E-state index in [-0.39, 0.29) is 11.8 Å². The number of benzene rings is 2. The average Bonchev–Trinajstić information content (AvgIpc) is 2.61. The van der Waals surface area contributed by atoms with Crippen LogP contribution in [0.1, 0.15) is 11.8 Å². The Hall–Kier alpha value is -1.82. The second kappa shape index (κ2) is 7.06. The summed E-state index contributed by atoms with van der Waals surface area (Å²) in [6.45, 7) is 0. The van der Waals surface area contributed by atoms with E-state index >= 15 is 0 Å². The van der Waals surface area contributed by atoms with Crippen LogP contribution in [0.3, 0.4) is 0 Å². The van der Waals surface area contributed by atoms with Gasteiger partial charge in [-0.15, -0.1) is 0 Å². The summed E-state index contributed by atoms with van der Waals surface area (Å²) in [6, 6.07) is 10.8. The number of fused-ring (bicyclic) bond motifs is 2. The third-order valence-electron chi connectivity index (χ3n) is 3.82. The summed E-state index contributed by atoms with van der Waals surface area (Å²) in [5.74, 6) is 0.576. The minimum Gasteiger partial charge on any atom is -0.408 e. The van der Waals surface area contributed by atoms with Crippen molar-refractivity contribution in [1.82, 2.24) is 9.97 Å². The first-order valence-corrected chi connectivity index (χ1v) is 9.84. The van der Waals surface area contributed by atoms with Crippen molar-refractivity contribution in [3.63, 3.8) is 0 Å². The molecule has 130 valence electrons. The third-order valence-corrected chi connectivity index (χ3v) is 5.16. The van der Waals surface area contributed by atoms with Crippen molar-refractivity contribution in [2.45, 2.75) is 12.8 Å². The van der Waals surface area contributed by atoms with Crippen molar-refractivity contribution in [2.24, 2.45) is 0 Å². The molecule has 0 fully saturated rings. The summed E-state index contributed by atoms with van der Waals surface area (Å²) in [6.07, 6.45) is 0.617. The number of aryl methyl sites for hydroxylation is 2. The average molecular weight is 572 g/mol. The Kier molecular flexibility index (Phi) is 4.78. The maximum atomic E-state index is 12.1. The van der Waals surface area contributed by atoms with Crippen molar-refractivity contribution in [2.75, 3.05) is 0 Å². The molecule has 4 rings (SSSR count). The van der Waals surface area contributed by atoms with Gasteiger partial charge >= 0.3 is 11.3 Å². The molecular weight excluding hydrogens is 562 g/mol. The summed E-state index contributed by atoms with van der Waals surface area (Å²) in [5.41, 5.74) is 0.315. The van der Waals surface area contributed by atoms with E-state index < -0.39 is 11.3 Å². The molecule has 0 N–H and O–H groups in total. The Bertz CT molecular complexity index is 1160. The largest absolute Gasteiger partial charge is 0.408 e. The molecule has 0 radical (unpaired) electrons. The van der Waals surface area contributed by atoms with Gasteiger partial charge in [-0.2, -0.15) is 0 Å². The van der Waals surface area contributed by atoms with Gasteiger partial charge in [0.1, 0.15) is 0 Å². The van der Waals surface area contributed by atoms with Crippen molar-refractivity contribution >= 4 is 67.0 Å². The number of rotatable bonds is 3. The van der Waals surface area contributed by atoms with Gasteiger partial charge in [-0.3, -0.25) is 0 Å². The molecule has 6 nitrogen and oxygen atoms in total. The summed E-state index contributed by atoms with van der Waals surface area (Å²) in [4.78, 5) is 33.0. The third kappa shape index (κ3) is 3.52. The molecule has 0 unspecified atom stereocenters. The normalized spacial score (nSPS) is 11.3. The second-order valence-electron chi connectivity index (χ2n) is 5.61. The quantitative estimate of drug-likeness (QED) is 0.349. The standard InChI is InChI=1S/C18H10I2N2O4/c19-9-1-3-13-11(7-9)17(23)25-15(21-13)5-6-16-22-14-4-2-10(20)8-12(14)18(24)26-16/h1-4,7-8H,5-6H2.